The Morgan fingerprint density at radius 2 is 2.03 bits per heavy atom. The van der Waals surface area contributed by atoms with Crippen molar-refractivity contribution in [3.05, 3.63) is 45.3 Å². The zero-order chi connectivity index (χ0) is 21.4. The van der Waals surface area contributed by atoms with E-state index in [2.05, 4.69) is 12.1 Å². The minimum atomic E-state index is -1.72. The van der Waals surface area contributed by atoms with E-state index in [4.69, 9.17) is 10.5 Å². The fourth-order valence-electron chi connectivity index (χ4n) is 4.01. The Kier molecular flexibility index (Phi) is 5.13. The summed E-state index contributed by atoms with van der Waals surface area (Å²) >= 11 is 1.45. The molecule has 0 spiro atoms. The lowest BCUT2D eigenvalue weighted by Gasteiger charge is -2.45. The number of allylic oxidation sites excluding steroid dienone is 2. The summed E-state index contributed by atoms with van der Waals surface area (Å²) < 4.78 is 5.49. The van der Waals surface area contributed by atoms with Gasteiger partial charge in [-0.1, -0.05) is 6.08 Å². The second-order valence-electron chi connectivity index (χ2n) is 8.12. The molecule has 3 rings (SSSR count). The lowest BCUT2D eigenvalue weighted by atomic mass is 9.57. The molecule has 1 aromatic rings. The van der Waals surface area contributed by atoms with Crippen LogP contribution in [-0.2, 0) is 4.74 Å². The number of thiophene rings is 1. The van der Waals surface area contributed by atoms with Gasteiger partial charge in [-0.2, -0.15) is 27.1 Å². The highest BCUT2D eigenvalue weighted by atomic mass is 32.1. The fraction of sp³-hybridized carbons (Fsp3) is 0.429. The highest BCUT2D eigenvalue weighted by molar-refractivity contribution is 7.08. The van der Waals surface area contributed by atoms with Crippen molar-refractivity contribution in [1.29, 1.82) is 15.8 Å². The van der Waals surface area contributed by atoms with Crippen LogP contribution in [0.5, 0.6) is 0 Å². The predicted molar refractivity (Wildman–Crippen MR) is 107 cm³/mol. The van der Waals surface area contributed by atoms with Gasteiger partial charge in [0.2, 0.25) is 0 Å². The molecule has 2 heterocycles. The van der Waals surface area contributed by atoms with Crippen LogP contribution in [0.25, 0.3) is 0 Å². The molecule has 1 aliphatic heterocycles. The van der Waals surface area contributed by atoms with Gasteiger partial charge in [0.15, 0.2) is 5.41 Å². The number of nitrogens with zero attached hydrogens (tertiary/aromatic N) is 4. The van der Waals surface area contributed by atoms with E-state index in [9.17, 15) is 20.6 Å². The first kappa shape index (κ1) is 20.5. The Morgan fingerprint density at radius 1 is 1.34 bits per heavy atom. The molecule has 2 atom stereocenters. The van der Waals surface area contributed by atoms with Gasteiger partial charge in [-0.05, 0) is 48.7 Å². The number of fused-ring (bicyclic) bond motifs is 1. The first-order chi connectivity index (χ1) is 13.7. The number of amides is 1. The maximum atomic E-state index is 12.6. The fourth-order valence-corrected chi connectivity index (χ4v) is 4.71. The summed E-state index contributed by atoms with van der Waals surface area (Å²) in [6.45, 7) is 5.90. The summed E-state index contributed by atoms with van der Waals surface area (Å²) in [6.07, 6.45) is 1.33. The number of ether oxygens (including phenoxy) is 1. The van der Waals surface area contributed by atoms with E-state index in [1.807, 2.05) is 22.9 Å². The standard InChI is InChI=1S/C21H21N5O2S/c1-20(2,3)28-19(27)26-6-4-14-15(9-26)17(13-5-7-29-10-13)21(11-23,12-24)16(8-22)18(14)25/h4-5,7,10,15,17H,6,9,25H2,1-3H3/t15-,17?/m0/s1. The predicted octanol–water partition coefficient (Wildman–Crippen LogP) is 3.41. The normalized spacial score (nSPS) is 23.2. The Balaban J connectivity index is 2.14. The van der Waals surface area contributed by atoms with Crippen molar-refractivity contribution >= 4 is 17.4 Å². The minimum Gasteiger partial charge on any atom is -0.444 e. The van der Waals surface area contributed by atoms with Crippen LogP contribution in [0.4, 0.5) is 4.79 Å². The van der Waals surface area contributed by atoms with E-state index in [0.717, 1.165) is 5.56 Å². The molecule has 0 saturated heterocycles. The summed E-state index contributed by atoms with van der Waals surface area (Å²) in [4.78, 5) is 14.2. The molecule has 7 nitrogen and oxygen atoms in total. The van der Waals surface area contributed by atoms with Gasteiger partial charge in [0, 0.05) is 24.9 Å². The lowest BCUT2D eigenvalue weighted by Crippen LogP contribution is -2.49. The van der Waals surface area contributed by atoms with Crippen molar-refractivity contribution in [2.45, 2.75) is 32.3 Å². The Labute approximate surface area is 173 Å². The summed E-state index contributed by atoms with van der Waals surface area (Å²) in [5.74, 6) is -1.02. The number of nitriles is 3. The van der Waals surface area contributed by atoms with Crippen LogP contribution in [0.1, 0.15) is 32.3 Å². The van der Waals surface area contributed by atoms with Gasteiger partial charge in [0.05, 0.1) is 29.5 Å². The van der Waals surface area contributed by atoms with Crippen molar-refractivity contribution in [1.82, 2.24) is 4.90 Å². The molecule has 0 aromatic carbocycles. The maximum Gasteiger partial charge on any atom is 0.410 e. The molecule has 1 aromatic heterocycles. The molecule has 148 valence electrons. The maximum absolute atomic E-state index is 12.6. The van der Waals surface area contributed by atoms with Crippen molar-refractivity contribution in [3.63, 3.8) is 0 Å². The monoisotopic (exact) mass is 407 g/mol. The van der Waals surface area contributed by atoms with Gasteiger partial charge in [-0.3, -0.25) is 0 Å². The number of carbonyl (C=O) groups is 1. The van der Waals surface area contributed by atoms with Crippen molar-refractivity contribution in [2.75, 3.05) is 13.1 Å². The highest BCUT2D eigenvalue weighted by Crippen LogP contribution is 2.54. The van der Waals surface area contributed by atoms with E-state index in [1.54, 1.807) is 31.7 Å². The van der Waals surface area contributed by atoms with E-state index in [-0.39, 0.29) is 24.4 Å². The van der Waals surface area contributed by atoms with E-state index in [1.165, 1.54) is 11.3 Å². The molecule has 1 amide bonds. The molecule has 2 N–H and O–H groups in total. The molecule has 29 heavy (non-hydrogen) atoms. The molecule has 0 saturated carbocycles. The smallest absolute Gasteiger partial charge is 0.410 e. The average molecular weight is 407 g/mol. The molecule has 0 radical (unpaired) electrons. The van der Waals surface area contributed by atoms with Crippen LogP contribution in [-0.4, -0.2) is 29.7 Å². The van der Waals surface area contributed by atoms with Gasteiger partial charge in [0.25, 0.3) is 0 Å². The molecule has 1 unspecified atom stereocenters. The van der Waals surface area contributed by atoms with Crippen LogP contribution >= 0.6 is 11.3 Å². The summed E-state index contributed by atoms with van der Waals surface area (Å²) in [5, 5.41) is 33.5. The minimum absolute atomic E-state index is 0.0214. The number of carbonyl (C=O) groups excluding carboxylic acids is 1. The van der Waals surface area contributed by atoms with Crippen LogP contribution in [0.15, 0.2) is 39.7 Å². The Bertz CT molecular complexity index is 997. The van der Waals surface area contributed by atoms with Crippen molar-refractivity contribution < 1.29 is 9.53 Å². The molecule has 0 fully saturated rings. The first-order valence-electron chi connectivity index (χ1n) is 9.11. The quantitative estimate of drug-likeness (QED) is 0.760. The van der Waals surface area contributed by atoms with Gasteiger partial charge in [0.1, 0.15) is 5.60 Å². The number of hydrogen-bond acceptors (Lipinski definition) is 7. The third-order valence-electron chi connectivity index (χ3n) is 5.21. The van der Waals surface area contributed by atoms with Crippen molar-refractivity contribution in [2.24, 2.45) is 17.1 Å². The van der Waals surface area contributed by atoms with Crippen molar-refractivity contribution in [3.8, 4) is 18.2 Å². The molecular formula is C21H21N5O2S. The lowest BCUT2D eigenvalue weighted by molar-refractivity contribution is 0.0224. The summed E-state index contributed by atoms with van der Waals surface area (Å²) in [6, 6.07) is 8.00. The molecular weight excluding hydrogens is 386 g/mol. The summed E-state index contributed by atoms with van der Waals surface area (Å²) in [5.41, 5.74) is 5.53. The summed E-state index contributed by atoms with van der Waals surface area (Å²) in [7, 11) is 0. The average Bonchev–Trinajstić information content (AvgIpc) is 3.19. The Morgan fingerprint density at radius 3 is 2.55 bits per heavy atom. The van der Waals surface area contributed by atoms with Crippen LogP contribution in [0.3, 0.4) is 0 Å². The Hall–Kier alpha value is -3.28. The van der Waals surface area contributed by atoms with Gasteiger partial charge >= 0.3 is 6.09 Å². The molecule has 1 aliphatic carbocycles. The van der Waals surface area contributed by atoms with Crippen LogP contribution in [0, 0.1) is 45.3 Å². The number of hydrogen-bond donors (Lipinski definition) is 1. The second-order valence-corrected chi connectivity index (χ2v) is 8.90. The van der Waals surface area contributed by atoms with E-state index >= 15 is 0 Å². The topological polar surface area (TPSA) is 127 Å². The third-order valence-corrected chi connectivity index (χ3v) is 5.91. The zero-order valence-corrected chi connectivity index (χ0v) is 17.3. The third kappa shape index (κ3) is 3.35. The first-order valence-corrected chi connectivity index (χ1v) is 10.1. The largest absolute Gasteiger partial charge is 0.444 e. The second kappa shape index (κ2) is 7.28. The number of rotatable bonds is 1. The van der Waals surface area contributed by atoms with Crippen LogP contribution < -0.4 is 5.73 Å². The zero-order valence-electron chi connectivity index (χ0n) is 16.5. The van der Waals surface area contributed by atoms with E-state index in [0.29, 0.717) is 5.57 Å². The van der Waals surface area contributed by atoms with Gasteiger partial charge in [-0.15, -0.1) is 0 Å². The SMILES string of the molecule is CC(C)(C)OC(=O)N1CC=C2C(N)=C(C#N)C(C#N)(C#N)C(c3ccsc3)[C@H]2C1. The molecule has 0 bridgehead atoms. The van der Waals surface area contributed by atoms with Gasteiger partial charge < -0.3 is 15.4 Å². The molecule has 8 heteroatoms. The molecule has 2 aliphatic rings. The highest BCUT2D eigenvalue weighted by Gasteiger charge is 2.55. The van der Waals surface area contributed by atoms with Gasteiger partial charge in [-0.25, -0.2) is 4.79 Å². The van der Waals surface area contributed by atoms with Crippen LogP contribution in [0.2, 0.25) is 0 Å². The number of nitrogens with two attached hydrogens (primary N) is 1. The van der Waals surface area contributed by atoms with E-state index < -0.39 is 28.9 Å².